The molecule has 2 aliphatic rings. The first-order valence-electron chi connectivity index (χ1n) is 10.1. The molecule has 0 radical (unpaired) electrons. The Kier molecular flexibility index (Phi) is 5.64. The third kappa shape index (κ3) is 3.77. The van der Waals surface area contributed by atoms with E-state index in [9.17, 15) is 4.79 Å². The van der Waals surface area contributed by atoms with Crippen LogP contribution in [0.2, 0.25) is 0 Å². The minimum atomic E-state index is -0.439. The van der Waals surface area contributed by atoms with Gasteiger partial charge in [0, 0.05) is 25.2 Å². The summed E-state index contributed by atoms with van der Waals surface area (Å²) in [5.74, 6) is 0.925. The van der Waals surface area contributed by atoms with E-state index >= 15 is 0 Å². The van der Waals surface area contributed by atoms with E-state index in [1.807, 2.05) is 30.3 Å². The number of ether oxygens (including phenoxy) is 2. The first-order valence-corrected chi connectivity index (χ1v) is 10.1. The average molecular weight is 380 g/mol. The lowest BCUT2D eigenvalue weighted by atomic mass is 9.77. The lowest BCUT2D eigenvalue weighted by molar-refractivity contribution is -0.152. The van der Waals surface area contributed by atoms with Crippen molar-refractivity contribution in [1.29, 1.82) is 0 Å². The van der Waals surface area contributed by atoms with E-state index in [0.717, 1.165) is 50.4 Å². The van der Waals surface area contributed by atoms with Gasteiger partial charge in [-0.2, -0.15) is 0 Å². The lowest BCUT2D eigenvalue weighted by Gasteiger charge is -2.50. The number of amides is 1. The van der Waals surface area contributed by atoms with E-state index in [0.29, 0.717) is 0 Å². The van der Waals surface area contributed by atoms with Gasteiger partial charge in [-0.05, 0) is 24.5 Å². The molecule has 2 atom stereocenters. The van der Waals surface area contributed by atoms with Gasteiger partial charge in [0.1, 0.15) is 12.4 Å². The zero-order valence-corrected chi connectivity index (χ0v) is 16.4. The molecule has 0 spiro atoms. The molecule has 0 bridgehead atoms. The van der Waals surface area contributed by atoms with Crippen LogP contribution in [0.1, 0.15) is 30.9 Å². The molecule has 2 aromatic carbocycles. The van der Waals surface area contributed by atoms with Gasteiger partial charge in [0.05, 0.1) is 18.2 Å². The molecule has 1 amide bonds. The summed E-state index contributed by atoms with van der Waals surface area (Å²) in [7, 11) is 0. The minimum absolute atomic E-state index is 0.0353. The van der Waals surface area contributed by atoms with Crippen molar-refractivity contribution in [2.45, 2.75) is 38.0 Å². The lowest BCUT2D eigenvalue weighted by Crippen LogP contribution is -2.66. The number of hydrogen-bond acceptors (Lipinski definition) is 4. The molecule has 0 unspecified atom stereocenters. The van der Waals surface area contributed by atoms with Crippen molar-refractivity contribution in [2.75, 3.05) is 26.3 Å². The van der Waals surface area contributed by atoms with Gasteiger partial charge in [-0.3, -0.25) is 9.69 Å². The van der Waals surface area contributed by atoms with Gasteiger partial charge >= 0.3 is 0 Å². The van der Waals surface area contributed by atoms with Crippen LogP contribution in [0.5, 0.6) is 5.75 Å². The Hall–Kier alpha value is -2.37. The largest absolute Gasteiger partial charge is 0.493 e. The summed E-state index contributed by atoms with van der Waals surface area (Å²) in [5, 5.41) is 3.26. The standard InChI is InChI=1S/C23H28N2O3/c1-2-14-27-20-11-7-6-8-18(20)15-25-13-12-23(19-9-4-3-5-10-19)21(16-25)28-17-22(26)24-23/h3-11,21H,2,12-17H2,1H3,(H,24,26)/t21-,23+/m1/s1. The number of carbonyl (C=O) groups excluding carboxylic acids is 1. The smallest absolute Gasteiger partial charge is 0.246 e. The normalized spacial score (nSPS) is 25.0. The van der Waals surface area contributed by atoms with Crippen LogP contribution in [0.3, 0.4) is 0 Å². The number of morpholine rings is 1. The second kappa shape index (κ2) is 8.33. The summed E-state index contributed by atoms with van der Waals surface area (Å²) >= 11 is 0. The number of piperidine rings is 1. The highest BCUT2D eigenvalue weighted by atomic mass is 16.5. The molecule has 2 aromatic rings. The van der Waals surface area contributed by atoms with Crippen molar-refractivity contribution >= 4 is 5.91 Å². The second-order valence-electron chi connectivity index (χ2n) is 7.63. The van der Waals surface area contributed by atoms with Gasteiger partial charge in [0.2, 0.25) is 5.91 Å². The van der Waals surface area contributed by atoms with Gasteiger partial charge < -0.3 is 14.8 Å². The molecule has 1 N–H and O–H groups in total. The van der Waals surface area contributed by atoms with Crippen LogP contribution in [0.25, 0.3) is 0 Å². The molecule has 148 valence electrons. The van der Waals surface area contributed by atoms with Crippen molar-refractivity contribution < 1.29 is 14.3 Å². The predicted octanol–water partition coefficient (Wildman–Crippen LogP) is 3.09. The maximum absolute atomic E-state index is 12.1. The molecular formula is C23H28N2O3. The number of hydrogen-bond donors (Lipinski definition) is 1. The highest BCUT2D eigenvalue weighted by Crippen LogP contribution is 2.37. The number of para-hydroxylation sites is 1. The summed E-state index contributed by atoms with van der Waals surface area (Å²) in [6, 6.07) is 18.5. The highest BCUT2D eigenvalue weighted by molar-refractivity contribution is 5.79. The zero-order valence-electron chi connectivity index (χ0n) is 16.4. The summed E-state index contributed by atoms with van der Waals surface area (Å²) < 4.78 is 12.0. The maximum Gasteiger partial charge on any atom is 0.246 e. The average Bonchev–Trinajstić information content (AvgIpc) is 2.74. The molecule has 2 fully saturated rings. The summed E-state index contributed by atoms with van der Waals surface area (Å²) in [5.41, 5.74) is 1.88. The van der Waals surface area contributed by atoms with Gasteiger partial charge in [-0.15, -0.1) is 0 Å². The summed E-state index contributed by atoms with van der Waals surface area (Å²) in [4.78, 5) is 14.5. The number of benzene rings is 2. The zero-order chi connectivity index (χ0) is 19.4. The first-order chi connectivity index (χ1) is 13.7. The molecule has 2 saturated heterocycles. The van der Waals surface area contributed by atoms with E-state index in [2.05, 4.69) is 41.4 Å². The van der Waals surface area contributed by atoms with Crippen LogP contribution in [0.4, 0.5) is 0 Å². The Bertz CT molecular complexity index is 811. The minimum Gasteiger partial charge on any atom is -0.493 e. The third-order valence-corrected chi connectivity index (χ3v) is 5.69. The second-order valence-corrected chi connectivity index (χ2v) is 7.63. The molecular weight excluding hydrogens is 352 g/mol. The number of nitrogens with zero attached hydrogens (tertiary/aromatic N) is 1. The van der Waals surface area contributed by atoms with Crippen molar-refractivity contribution in [1.82, 2.24) is 10.2 Å². The first kappa shape index (κ1) is 19.0. The van der Waals surface area contributed by atoms with Crippen molar-refractivity contribution in [2.24, 2.45) is 0 Å². The van der Waals surface area contributed by atoms with E-state index in [-0.39, 0.29) is 18.6 Å². The van der Waals surface area contributed by atoms with E-state index in [1.165, 1.54) is 5.56 Å². The number of nitrogens with one attached hydrogen (secondary N) is 1. The van der Waals surface area contributed by atoms with Gasteiger partial charge in [0.25, 0.3) is 0 Å². The topological polar surface area (TPSA) is 50.8 Å². The monoisotopic (exact) mass is 380 g/mol. The number of fused-ring (bicyclic) bond motifs is 1. The van der Waals surface area contributed by atoms with Crippen LogP contribution in [-0.2, 0) is 21.6 Å². The summed E-state index contributed by atoms with van der Waals surface area (Å²) in [6.45, 7) is 5.45. The fourth-order valence-corrected chi connectivity index (χ4v) is 4.29. The van der Waals surface area contributed by atoms with Crippen LogP contribution < -0.4 is 10.1 Å². The van der Waals surface area contributed by atoms with E-state index < -0.39 is 5.54 Å². The molecule has 2 heterocycles. The van der Waals surface area contributed by atoms with E-state index in [1.54, 1.807) is 0 Å². The molecule has 4 rings (SSSR count). The molecule has 5 heteroatoms. The quantitative estimate of drug-likeness (QED) is 0.837. The molecule has 0 aliphatic carbocycles. The van der Waals surface area contributed by atoms with Crippen molar-refractivity contribution in [3.05, 3.63) is 65.7 Å². The van der Waals surface area contributed by atoms with Gasteiger partial charge in [-0.25, -0.2) is 0 Å². The molecule has 28 heavy (non-hydrogen) atoms. The molecule has 2 aliphatic heterocycles. The SMILES string of the molecule is CCCOc1ccccc1CN1CC[C@@]2(c3ccccc3)NC(=O)CO[C@@H]2C1. The molecule has 5 nitrogen and oxygen atoms in total. The fraction of sp³-hybridized carbons (Fsp3) is 0.435. The number of rotatable bonds is 6. The fourth-order valence-electron chi connectivity index (χ4n) is 4.29. The Morgan fingerprint density at radius 2 is 1.96 bits per heavy atom. The Balaban J connectivity index is 1.52. The van der Waals surface area contributed by atoms with Crippen LogP contribution in [0.15, 0.2) is 54.6 Å². The van der Waals surface area contributed by atoms with E-state index in [4.69, 9.17) is 9.47 Å². The van der Waals surface area contributed by atoms with Crippen LogP contribution >= 0.6 is 0 Å². The predicted molar refractivity (Wildman–Crippen MR) is 108 cm³/mol. The molecule has 0 saturated carbocycles. The third-order valence-electron chi connectivity index (χ3n) is 5.69. The Labute approximate surface area is 166 Å². The number of likely N-dealkylation sites (tertiary alicyclic amines) is 1. The Morgan fingerprint density at radius 3 is 2.79 bits per heavy atom. The van der Waals surface area contributed by atoms with Crippen molar-refractivity contribution in [3.63, 3.8) is 0 Å². The Morgan fingerprint density at radius 1 is 1.18 bits per heavy atom. The highest BCUT2D eigenvalue weighted by Gasteiger charge is 2.48. The van der Waals surface area contributed by atoms with Gasteiger partial charge in [-0.1, -0.05) is 55.5 Å². The molecule has 0 aromatic heterocycles. The van der Waals surface area contributed by atoms with Crippen LogP contribution in [-0.4, -0.2) is 43.2 Å². The summed E-state index contributed by atoms with van der Waals surface area (Å²) in [6.07, 6.45) is 1.75. The van der Waals surface area contributed by atoms with Crippen molar-refractivity contribution in [3.8, 4) is 5.75 Å². The maximum atomic E-state index is 12.1. The van der Waals surface area contributed by atoms with Crippen LogP contribution in [0, 0.1) is 0 Å². The van der Waals surface area contributed by atoms with Gasteiger partial charge in [0.15, 0.2) is 0 Å². The number of carbonyl (C=O) groups is 1.